The van der Waals surface area contributed by atoms with Crippen LogP contribution in [0.2, 0.25) is 0 Å². The van der Waals surface area contributed by atoms with Gasteiger partial charge in [0.2, 0.25) is 0 Å². The van der Waals surface area contributed by atoms with Crippen LogP contribution in [0.4, 0.5) is 0 Å². The van der Waals surface area contributed by atoms with Crippen molar-refractivity contribution in [2.45, 2.75) is 134 Å². The Kier molecular flexibility index (Phi) is 8.88. The zero-order valence-corrected chi connectivity index (χ0v) is 26.4. The van der Waals surface area contributed by atoms with Gasteiger partial charge in [-0.05, 0) is 67.1 Å². The lowest BCUT2D eigenvalue weighted by Crippen LogP contribution is -2.60. The topological polar surface area (TPSA) is 190 Å². The highest BCUT2D eigenvalue weighted by Crippen LogP contribution is 2.70. The molecule has 2 aliphatic heterocycles. The lowest BCUT2D eigenvalue weighted by Gasteiger charge is -2.61. The van der Waals surface area contributed by atoms with Crippen molar-refractivity contribution in [3.05, 3.63) is 11.6 Å². The van der Waals surface area contributed by atoms with Gasteiger partial charge in [-0.2, -0.15) is 0 Å². The van der Waals surface area contributed by atoms with Crippen LogP contribution in [0.25, 0.3) is 0 Å². The molecule has 6 rings (SSSR count). The van der Waals surface area contributed by atoms with Crippen molar-refractivity contribution in [1.29, 1.82) is 0 Å². The number of allylic oxidation sites excluding steroid dienone is 1. The maximum absolute atomic E-state index is 11.8. The van der Waals surface area contributed by atoms with Gasteiger partial charge in [0.15, 0.2) is 12.1 Å². The third-order valence-corrected chi connectivity index (χ3v) is 13.2. The Balaban J connectivity index is 1.10. The fourth-order valence-corrected chi connectivity index (χ4v) is 10.8. The molecule has 6 aliphatic rings. The van der Waals surface area contributed by atoms with Gasteiger partial charge in [-0.3, -0.25) is 0 Å². The molecule has 11 heteroatoms. The van der Waals surface area contributed by atoms with Crippen molar-refractivity contribution in [3.63, 3.8) is 0 Å². The average molecular weight is 627 g/mol. The molecule has 0 aromatic rings. The molecule has 18 unspecified atom stereocenters. The minimum atomic E-state index is -1.50. The Morgan fingerprint density at radius 2 is 1.75 bits per heavy atom. The van der Waals surface area contributed by atoms with Crippen molar-refractivity contribution < 1.29 is 55.1 Å². The summed E-state index contributed by atoms with van der Waals surface area (Å²) in [5, 5.41) is 84.8. The van der Waals surface area contributed by atoms with Crippen LogP contribution in [0.15, 0.2) is 11.6 Å². The third kappa shape index (κ3) is 5.05. The highest BCUT2D eigenvalue weighted by molar-refractivity contribution is 5.29. The molecule has 11 nitrogen and oxygen atoms in total. The zero-order valence-electron chi connectivity index (χ0n) is 26.4. The van der Waals surface area contributed by atoms with Gasteiger partial charge >= 0.3 is 0 Å². The van der Waals surface area contributed by atoms with Gasteiger partial charge in [-0.1, -0.05) is 39.3 Å². The molecule has 18 atom stereocenters. The molecule has 0 aromatic carbocycles. The number of aliphatic hydroxyl groups excluding tert-OH is 7. The quantitative estimate of drug-likeness (QED) is 0.183. The first-order chi connectivity index (χ1) is 20.7. The minimum Gasteiger partial charge on any atom is -0.394 e. The van der Waals surface area contributed by atoms with Crippen LogP contribution >= 0.6 is 0 Å². The zero-order chi connectivity index (χ0) is 31.9. The highest BCUT2D eigenvalue weighted by atomic mass is 16.7. The maximum Gasteiger partial charge on any atom is 0.186 e. The first kappa shape index (κ1) is 33.2. The summed E-state index contributed by atoms with van der Waals surface area (Å²) in [6.45, 7) is 7.99. The van der Waals surface area contributed by atoms with Gasteiger partial charge in [0, 0.05) is 24.2 Å². The average Bonchev–Trinajstić information content (AvgIpc) is 3.39. The Morgan fingerprint density at radius 1 is 1.02 bits per heavy atom. The number of fused-ring (bicyclic) bond motifs is 7. The molecule has 0 spiro atoms. The van der Waals surface area contributed by atoms with E-state index in [0.717, 1.165) is 18.4 Å². The van der Waals surface area contributed by atoms with Gasteiger partial charge in [0.25, 0.3) is 0 Å². The molecule has 5 fully saturated rings. The SMILES string of the molecule is CC(CCC1(O)OC2CC3C4CC=C5CC(O)CC(O)C5(C)C4C(O)CC3(C)C2C1C)COC1OC(CO)C(O)C(O)C1O. The molecule has 0 amide bonds. The van der Waals surface area contributed by atoms with Gasteiger partial charge in [-0.15, -0.1) is 0 Å². The van der Waals surface area contributed by atoms with Crippen molar-refractivity contribution >= 4 is 0 Å². The molecule has 0 radical (unpaired) electrons. The van der Waals surface area contributed by atoms with Crippen LogP contribution in [0.5, 0.6) is 0 Å². The Bertz CT molecular complexity index is 1090. The van der Waals surface area contributed by atoms with Crippen LogP contribution in [0, 0.1) is 46.3 Å². The normalized spacial score (nSPS) is 55.9. The summed E-state index contributed by atoms with van der Waals surface area (Å²) in [4.78, 5) is 0. The fraction of sp³-hybridized carbons (Fsp3) is 0.939. The molecule has 0 aromatic heterocycles. The van der Waals surface area contributed by atoms with Gasteiger partial charge < -0.3 is 55.1 Å². The number of rotatable bonds is 7. The van der Waals surface area contributed by atoms with E-state index in [4.69, 9.17) is 14.2 Å². The van der Waals surface area contributed by atoms with E-state index in [-0.39, 0.29) is 53.6 Å². The van der Waals surface area contributed by atoms with Crippen LogP contribution in [-0.4, -0.2) is 115 Å². The molecule has 3 saturated carbocycles. The molecular weight excluding hydrogens is 572 g/mol. The summed E-state index contributed by atoms with van der Waals surface area (Å²) in [5.41, 5.74) is 0.296. The van der Waals surface area contributed by atoms with Crippen LogP contribution in [0.3, 0.4) is 0 Å². The smallest absolute Gasteiger partial charge is 0.186 e. The van der Waals surface area contributed by atoms with E-state index in [1.165, 1.54) is 0 Å². The van der Waals surface area contributed by atoms with E-state index in [0.29, 0.717) is 32.1 Å². The number of aliphatic hydroxyl groups is 8. The maximum atomic E-state index is 11.8. The second-order valence-electron chi connectivity index (χ2n) is 15.7. The predicted octanol–water partition coefficient (Wildman–Crippen LogP) is 0.434. The molecule has 8 N–H and O–H groups in total. The first-order valence-electron chi connectivity index (χ1n) is 16.7. The van der Waals surface area contributed by atoms with E-state index < -0.39 is 66.8 Å². The van der Waals surface area contributed by atoms with E-state index in [1.54, 1.807) is 0 Å². The minimum absolute atomic E-state index is 0.0485. The van der Waals surface area contributed by atoms with Crippen LogP contribution < -0.4 is 0 Å². The summed E-state index contributed by atoms with van der Waals surface area (Å²) < 4.78 is 17.7. The summed E-state index contributed by atoms with van der Waals surface area (Å²) in [5.74, 6) is -1.07. The summed E-state index contributed by atoms with van der Waals surface area (Å²) >= 11 is 0. The molecular formula is C33H54O11. The standard InChI is InChI=1S/C33H54O11/c1-15(14-42-30-29(40)28(39)27(38)23(13-34)43-30)7-8-33(41)16(2)25-22(44-33)11-20-19-6-5-17-9-18(35)10-24(37)32(17,4)26(19)21(36)12-31(20,25)3/h5,15-16,18-30,34-41H,6-14H2,1-4H3. The lowest BCUT2D eigenvalue weighted by molar-refractivity contribution is -0.303. The van der Waals surface area contributed by atoms with Crippen LogP contribution in [0.1, 0.15) is 72.6 Å². The molecule has 44 heavy (non-hydrogen) atoms. The van der Waals surface area contributed by atoms with Crippen molar-refractivity contribution in [1.82, 2.24) is 0 Å². The molecule has 4 aliphatic carbocycles. The highest BCUT2D eigenvalue weighted by Gasteiger charge is 2.70. The molecule has 0 bridgehead atoms. The number of hydrogen-bond acceptors (Lipinski definition) is 11. The van der Waals surface area contributed by atoms with E-state index in [2.05, 4.69) is 26.8 Å². The van der Waals surface area contributed by atoms with Gasteiger partial charge in [-0.25, -0.2) is 0 Å². The number of hydrogen-bond donors (Lipinski definition) is 8. The molecule has 252 valence electrons. The lowest BCUT2D eigenvalue weighted by atomic mass is 9.45. The largest absolute Gasteiger partial charge is 0.394 e. The fourth-order valence-electron chi connectivity index (χ4n) is 10.8. The Morgan fingerprint density at radius 3 is 2.45 bits per heavy atom. The van der Waals surface area contributed by atoms with Crippen LogP contribution in [-0.2, 0) is 14.2 Å². The third-order valence-electron chi connectivity index (χ3n) is 13.2. The first-order valence-corrected chi connectivity index (χ1v) is 16.7. The molecule has 2 saturated heterocycles. The molecule has 2 heterocycles. The number of ether oxygens (including phenoxy) is 3. The van der Waals surface area contributed by atoms with Gasteiger partial charge in [0.05, 0.1) is 37.6 Å². The summed E-state index contributed by atoms with van der Waals surface area (Å²) in [7, 11) is 0. The van der Waals surface area contributed by atoms with Crippen molar-refractivity contribution in [2.75, 3.05) is 13.2 Å². The van der Waals surface area contributed by atoms with Gasteiger partial charge in [0.1, 0.15) is 24.4 Å². The van der Waals surface area contributed by atoms with Crippen molar-refractivity contribution in [3.8, 4) is 0 Å². The second-order valence-corrected chi connectivity index (χ2v) is 15.7. The van der Waals surface area contributed by atoms with E-state index >= 15 is 0 Å². The Hall–Kier alpha value is -0.700. The van der Waals surface area contributed by atoms with Crippen molar-refractivity contribution in [2.24, 2.45) is 46.3 Å². The summed E-state index contributed by atoms with van der Waals surface area (Å²) in [6.07, 6.45) is -2.34. The van der Waals surface area contributed by atoms with E-state index in [9.17, 15) is 40.9 Å². The predicted molar refractivity (Wildman–Crippen MR) is 156 cm³/mol. The summed E-state index contributed by atoms with van der Waals surface area (Å²) in [6, 6.07) is 0. The van der Waals surface area contributed by atoms with E-state index in [1.807, 2.05) is 6.92 Å². The monoisotopic (exact) mass is 626 g/mol. The Labute approximate surface area is 259 Å². The second kappa shape index (κ2) is 11.8.